The molecule has 0 saturated heterocycles. The number of hydrogen-bond donors (Lipinski definition) is 1. The minimum absolute atomic E-state index is 0.0658. The van der Waals surface area contributed by atoms with Crippen LogP contribution in [0, 0.1) is 0 Å². The number of carbonyl (C=O) groups excluding carboxylic acids is 2. The summed E-state index contributed by atoms with van der Waals surface area (Å²) in [7, 11) is 0. The zero-order valence-corrected chi connectivity index (χ0v) is 23.5. The molecule has 4 aromatic carbocycles. The molecule has 2 amide bonds. The summed E-state index contributed by atoms with van der Waals surface area (Å²) in [5.74, 6) is -1.59. The highest BCUT2D eigenvalue weighted by Gasteiger charge is 2.35. The summed E-state index contributed by atoms with van der Waals surface area (Å²) in [5.41, 5.74) is 3.34. The fourth-order valence-electron chi connectivity index (χ4n) is 4.67. The van der Waals surface area contributed by atoms with Gasteiger partial charge in [-0.25, -0.2) is 0 Å². The minimum atomic E-state index is -0.785. The topological polar surface area (TPSA) is 60.9 Å². The molecule has 5 nitrogen and oxygen atoms in total. The molecule has 0 fully saturated rings. The molecule has 4 aromatic rings. The third-order valence-electron chi connectivity index (χ3n) is 6.60. The number of anilines is 4. The van der Waals surface area contributed by atoms with Gasteiger partial charge >= 0.3 is 11.8 Å². The van der Waals surface area contributed by atoms with Crippen LogP contribution in [0.3, 0.4) is 0 Å². The van der Waals surface area contributed by atoms with Crippen LogP contribution in [0.2, 0.25) is 0 Å². The summed E-state index contributed by atoms with van der Waals surface area (Å²) in [5, 5.41) is 11.4. The molecule has 39 heavy (non-hydrogen) atoms. The molecule has 0 atom stereocenters. The number of phenols is 1. The van der Waals surface area contributed by atoms with Gasteiger partial charge in [0.05, 0.1) is 5.69 Å². The highest BCUT2D eigenvalue weighted by Crippen LogP contribution is 2.43. The zero-order chi connectivity index (χ0) is 28.4. The van der Waals surface area contributed by atoms with Gasteiger partial charge in [0.25, 0.3) is 0 Å². The van der Waals surface area contributed by atoms with Crippen molar-refractivity contribution in [3.05, 3.63) is 114 Å². The lowest BCUT2D eigenvalue weighted by atomic mass is 9.75. The molecule has 0 aromatic heterocycles. The molecular weight excluding hydrogens is 484 g/mol. The number of nitrogens with zero attached hydrogens (tertiary/aromatic N) is 2. The van der Waals surface area contributed by atoms with E-state index in [0.717, 1.165) is 11.1 Å². The molecule has 0 spiro atoms. The van der Waals surface area contributed by atoms with Crippen molar-refractivity contribution in [2.75, 3.05) is 9.80 Å². The standard InChI is InChI=1S/C34H36N2O3/c1-33(2,3)27-22-29(30(37)23-28(27)34(4,5)6)36(26-20-14-9-15-21-26)32(39)31(38)35(24-16-10-7-11-17-24)25-18-12-8-13-19-25/h7-23,37H,1-6H3. The van der Waals surface area contributed by atoms with Crippen molar-refractivity contribution in [1.82, 2.24) is 0 Å². The number of para-hydroxylation sites is 3. The van der Waals surface area contributed by atoms with Crippen molar-refractivity contribution in [2.24, 2.45) is 0 Å². The van der Waals surface area contributed by atoms with Crippen LogP contribution in [0.25, 0.3) is 0 Å². The summed E-state index contributed by atoms with van der Waals surface area (Å²) in [6.07, 6.45) is 0. The molecule has 0 aliphatic heterocycles. The van der Waals surface area contributed by atoms with Crippen molar-refractivity contribution in [2.45, 2.75) is 52.4 Å². The Morgan fingerprint density at radius 3 is 1.26 bits per heavy atom. The molecule has 5 heteroatoms. The highest BCUT2D eigenvalue weighted by atomic mass is 16.3. The van der Waals surface area contributed by atoms with Crippen LogP contribution in [0.4, 0.5) is 22.7 Å². The Morgan fingerprint density at radius 2 is 0.872 bits per heavy atom. The predicted molar refractivity (Wildman–Crippen MR) is 159 cm³/mol. The third-order valence-corrected chi connectivity index (χ3v) is 6.60. The van der Waals surface area contributed by atoms with Crippen molar-refractivity contribution < 1.29 is 14.7 Å². The van der Waals surface area contributed by atoms with E-state index in [-0.39, 0.29) is 22.3 Å². The maximum absolute atomic E-state index is 14.3. The number of aromatic hydroxyl groups is 1. The van der Waals surface area contributed by atoms with Crippen LogP contribution in [0.1, 0.15) is 52.7 Å². The Bertz CT molecular complexity index is 1410. The Hall–Kier alpha value is -4.38. The van der Waals surface area contributed by atoms with Crippen molar-refractivity contribution >= 4 is 34.6 Å². The van der Waals surface area contributed by atoms with Gasteiger partial charge in [-0.05, 0) is 70.5 Å². The van der Waals surface area contributed by atoms with Crippen LogP contribution < -0.4 is 9.80 Å². The van der Waals surface area contributed by atoms with E-state index in [1.165, 1.54) is 9.80 Å². The van der Waals surface area contributed by atoms with Crippen molar-refractivity contribution in [3.63, 3.8) is 0 Å². The first-order valence-electron chi connectivity index (χ1n) is 13.1. The van der Waals surface area contributed by atoms with Gasteiger partial charge in [0.2, 0.25) is 0 Å². The summed E-state index contributed by atoms with van der Waals surface area (Å²) >= 11 is 0. The predicted octanol–water partition coefficient (Wildman–Crippen LogP) is 8.02. The second-order valence-electron chi connectivity index (χ2n) is 11.7. The fraction of sp³-hybridized carbons (Fsp3) is 0.235. The number of benzene rings is 4. The largest absolute Gasteiger partial charge is 0.506 e. The van der Waals surface area contributed by atoms with Gasteiger partial charge in [-0.15, -0.1) is 0 Å². The van der Waals surface area contributed by atoms with Crippen LogP contribution in [-0.2, 0) is 20.4 Å². The Balaban J connectivity index is 1.92. The van der Waals surface area contributed by atoms with Gasteiger partial charge < -0.3 is 5.11 Å². The second-order valence-corrected chi connectivity index (χ2v) is 11.7. The van der Waals surface area contributed by atoms with E-state index < -0.39 is 11.8 Å². The van der Waals surface area contributed by atoms with Crippen molar-refractivity contribution in [1.29, 1.82) is 0 Å². The molecule has 0 aliphatic rings. The van der Waals surface area contributed by atoms with Crippen LogP contribution in [0.15, 0.2) is 103 Å². The van der Waals surface area contributed by atoms with Crippen LogP contribution in [-0.4, -0.2) is 16.9 Å². The van der Waals surface area contributed by atoms with Gasteiger partial charge in [-0.3, -0.25) is 19.4 Å². The SMILES string of the molecule is CC(C)(C)c1cc(O)c(N(C(=O)C(=O)N(c2ccccc2)c2ccccc2)c2ccccc2)cc1C(C)(C)C. The van der Waals surface area contributed by atoms with Gasteiger partial charge in [0.1, 0.15) is 5.75 Å². The van der Waals surface area contributed by atoms with E-state index in [4.69, 9.17) is 0 Å². The molecule has 4 rings (SSSR count). The molecular formula is C34H36N2O3. The molecule has 0 aliphatic carbocycles. The number of hydrogen-bond acceptors (Lipinski definition) is 3. The average Bonchev–Trinajstić information content (AvgIpc) is 2.90. The lowest BCUT2D eigenvalue weighted by molar-refractivity contribution is -0.135. The van der Waals surface area contributed by atoms with Gasteiger partial charge in [-0.1, -0.05) is 96.1 Å². The fourth-order valence-corrected chi connectivity index (χ4v) is 4.67. The molecule has 0 bridgehead atoms. The Morgan fingerprint density at radius 1 is 0.538 bits per heavy atom. The molecule has 0 radical (unpaired) electrons. The first kappa shape index (κ1) is 27.6. The molecule has 0 unspecified atom stereocenters. The number of carbonyl (C=O) groups is 2. The average molecular weight is 521 g/mol. The summed E-state index contributed by atoms with van der Waals surface area (Å²) in [6.45, 7) is 12.6. The zero-order valence-electron chi connectivity index (χ0n) is 23.5. The van der Waals surface area contributed by atoms with Gasteiger partial charge in [0.15, 0.2) is 0 Å². The van der Waals surface area contributed by atoms with Crippen molar-refractivity contribution in [3.8, 4) is 5.75 Å². The van der Waals surface area contributed by atoms with Gasteiger partial charge in [0, 0.05) is 17.1 Å². The number of amides is 2. The normalized spacial score (nSPS) is 11.6. The molecule has 0 heterocycles. The van der Waals surface area contributed by atoms with Gasteiger partial charge in [-0.2, -0.15) is 0 Å². The maximum Gasteiger partial charge on any atom is 0.321 e. The summed E-state index contributed by atoms with van der Waals surface area (Å²) in [6, 6.07) is 30.7. The maximum atomic E-state index is 14.3. The van der Waals surface area contributed by atoms with E-state index >= 15 is 0 Å². The van der Waals surface area contributed by atoms with E-state index in [9.17, 15) is 14.7 Å². The second kappa shape index (κ2) is 10.8. The first-order valence-corrected chi connectivity index (χ1v) is 13.1. The molecule has 0 saturated carbocycles. The van der Waals surface area contributed by atoms with E-state index in [1.807, 2.05) is 48.5 Å². The lowest BCUT2D eigenvalue weighted by Gasteiger charge is -2.33. The Labute approximate surface area is 231 Å². The van der Waals surface area contributed by atoms with Crippen LogP contribution in [0.5, 0.6) is 5.75 Å². The number of phenolic OH excluding ortho intramolecular Hbond substituents is 1. The monoisotopic (exact) mass is 520 g/mol. The minimum Gasteiger partial charge on any atom is -0.506 e. The summed E-state index contributed by atoms with van der Waals surface area (Å²) < 4.78 is 0. The quantitative estimate of drug-likeness (QED) is 0.277. The lowest BCUT2D eigenvalue weighted by Crippen LogP contribution is -2.42. The third kappa shape index (κ3) is 5.88. The van der Waals surface area contributed by atoms with E-state index in [2.05, 4.69) is 41.5 Å². The summed E-state index contributed by atoms with van der Waals surface area (Å²) in [4.78, 5) is 31.1. The Kier molecular flexibility index (Phi) is 7.64. The first-order chi connectivity index (χ1) is 18.4. The van der Waals surface area contributed by atoms with Crippen LogP contribution >= 0.6 is 0 Å². The van der Waals surface area contributed by atoms with E-state index in [1.54, 1.807) is 54.6 Å². The number of rotatable bonds is 4. The molecule has 200 valence electrons. The smallest absolute Gasteiger partial charge is 0.321 e. The molecule has 1 N–H and O–H groups in total. The highest BCUT2D eigenvalue weighted by molar-refractivity contribution is 6.47. The van der Waals surface area contributed by atoms with E-state index in [0.29, 0.717) is 17.1 Å².